The zero-order chi connectivity index (χ0) is 17.5. The van der Waals surface area contributed by atoms with E-state index in [-0.39, 0.29) is 12.1 Å². The van der Waals surface area contributed by atoms with Crippen molar-refractivity contribution >= 4 is 10.0 Å². The minimum atomic E-state index is -3.53. The lowest BCUT2D eigenvalue weighted by Gasteiger charge is -2.17. The molecule has 0 aromatic heterocycles. The minimum Gasteiger partial charge on any atom is -0.496 e. The van der Waals surface area contributed by atoms with Gasteiger partial charge in [-0.25, -0.2) is 8.42 Å². The smallest absolute Gasteiger partial charge is 0.244 e. The molecule has 2 unspecified atom stereocenters. The second kappa shape index (κ2) is 6.29. The molecule has 1 aliphatic heterocycles. The summed E-state index contributed by atoms with van der Waals surface area (Å²) in [5, 5.41) is 0. The lowest BCUT2D eigenvalue weighted by molar-refractivity contribution is 0.410. The lowest BCUT2D eigenvalue weighted by atomic mass is 10.0. The monoisotopic (exact) mass is 337 g/mol. The SMILES string of the molecule is C=C[C@@H]1[C@H](C(C)CC)N1S(=O)(=O)c1c(C)cc(OC)c(C)c1C. The van der Waals surface area contributed by atoms with Crippen LogP contribution in [0, 0.1) is 26.7 Å². The summed E-state index contributed by atoms with van der Waals surface area (Å²) in [4.78, 5) is 0.411. The predicted octanol–water partition coefficient (Wildman–Crippen LogP) is 3.59. The quantitative estimate of drug-likeness (QED) is 0.589. The van der Waals surface area contributed by atoms with Gasteiger partial charge >= 0.3 is 0 Å². The van der Waals surface area contributed by atoms with Crippen LogP contribution in [0.1, 0.15) is 37.0 Å². The van der Waals surface area contributed by atoms with E-state index >= 15 is 0 Å². The van der Waals surface area contributed by atoms with Gasteiger partial charge in [0.05, 0.1) is 18.0 Å². The van der Waals surface area contributed by atoms with Crippen LogP contribution in [0.2, 0.25) is 0 Å². The number of hydrogen-bond acceptors (Lipinski definition) is 3. The van der Waals surface area contributed by atoms with Crippen molar-refractivity contribution in [1.82, 2.24) is 4.31 Å². The van der Waals surface area contributed by atoms with E-state index in [2.05, 4.69) is 20.4 Å². The Morgan fingerprint density at radius 2 is 1.96 bits per heavy atom. The topological polar surface area (TPSA) is 46.4 Å². The fourth-order valence-corrected chi connectivity index (χ4v) is 5.72. The van der Waals surface area contributed by atoms with Gasteiger partial charge in [0.25, 0.3) is 0 Å². The maximum Gasteiger partial charge on any atom is 0.244 e. The summed E-state index contributed by atoms with van der Waals surface area (Å²) in [6, 6.07) is 1.72. The van der Waals surface area contributed by atoms with E-state index in [9.17, 15) is 8.42 Å². The number of hydrogen-bond donors (Lipinski definition) is 0. The van der Waals surface area contributed by atoms with Gasteiger partial charge in [-0.2, -0.15) is 4.31 Å². The molecular formula is C18H27NO3S. The Morgan fingerprint density at radius 3 is 2.43 bits per heavy atom. The molecule has 0 saturated carbocycles. The molecule has 1 heterocycles. The van der Waals surface area contributed by atoms with E-state index in [1.54, 1.807) is 23.6 Å². The van der Waals surface area contributed by atoms with Crippen molar-refractivity contribution in [3.05, 3.63) is 35.4 Å². The first-order chi connectivity index (χ1) is 10.7. The average Bonchev–Trinajstić information content (AvgIpc) is 3.25. The molecule has 128 valence electrons. The number of benzene rings is 1. The molecule has 1 saturated heterocycles. The Hall–Kier alpha value is -1.33. The summed E-state index contributed by atoms with van der Waals surface area (Å²) >= 11 is 0. The second-order valence-electron chi connectivity index (χ2n) is 6.41. The van der Waals surface area contributed by atoms with Gasteiger partial charge in [0.2, 0.25) is 10.0 Å². The number of nitrogens with zero attached hydrogens (tertiary/aromatic N) is 1. The first-order valence-electron chi connectivity index (χ1n) is 8.03. The van der Waals surface area contributed by atoms with Crippen molar-refractivity contribution in [1.29, 1.82) is 0 Å². The van der Waals surface area contributed by atoms with Crippen LogP contribution >= 0.6 is 0 Å². The van der Waals surface area contributed by atoms with Crippen LogP contribution < -0.4 is 4.74 Å². The van der Waals surface area contributed by atoms with Crippen molar-refractivity contribution in [2.24, 2.45) is 5.92 Å². The van der Waals surface area contributed by atoms with Crippen molar-refractivity contribution in [2.75, 3.05) is 7.11 Å². The maximum atomic E-state index is 13.2. The molecule has 0 bridgehead atoms. The molecule has 1 aliphatic rings. The van der Waals surface area contributed by atoms with Crippen LogP contribution in [-0.2, 0) is 10.0 Å². The largest absolute Gasteiger partial charge is 0.496 e. The highest BCUT2D eigenvalue weighted by molar-refractivity contribution is 7.89. The van der Waals surface area contributed by atoms with Gasteiger partial charge in [0.1, 0.15) is 5.75 Å². The zero-order valence-electron chi connectivity index (χ0n) is 14.9. The van der Waals surface area contributed by atoms with Gasteiger partial charge in [-0.1, -0.05) is 26.3 Å². The first-order valence-corrected chi connectivity index (χ1v) is 9.47. The van der Waals surface area contributed by atoms with E-state index in [0.29, 0.717) is 10.8 Å². The Bertz CT molecular complexity index is 724. The minimum absolute atomic E-state index is 0.0173. The summed E-state index contributed by atoms with van der Waals surface area (Å²) in [5.41, 5.74) is 2.36. The van der Waals surface area contributed by atoms with Crippen LogP contribution in [0.5, 0.6) is 5.75 Å². The van der Waals surface area contributed by atoms with Crippen LogP contribution in [-0.4, -0.2) is 31.9 Å². The molecular weight excluding hydrogens is 310 g/mol. The molecule has 4 nitrogen and oxygen atoms in total. The molecule has 1 aromatic rings. The summed E-state index contributed by atoms with van der Waals surface area (Å²) in [6.45, 7) is 13.6. The highest BCUT2D eigenvalue weighted by Crippen LogP contribution is 2.44. The standard InChI is InChI=1S/C18H27NO3S/c1-8-11(3)17-15(9-2)19(17)23(20,21)18-12(4)10-16(22-7)13(5)14(18)6/h9-11,15,17H,2,8H2,1,3-7H3/t11?,15-,17+,19?/m1/s1. The van der Waals surface area contributed by atoms with E-state index in [4.69, 9.17) is 4.74 Å². The highest BCUT2D eigenvalue weighted by Gasteiger charge is 2.56. The normalized spacial score (nSPS) is 25.0. The molecule has 4 atom stereocenters. The van der Waals surface area contributed by atoms with Gasteiger partial charge < -0.3 is 4.74 Å². The number of ether oxygens (including phenoxy) is 1. The van der Waals surface area contributed by atoms with Gasteiger partial charge in [0, 0.05) is 6.04 Å². The molecule has 2 rings (SSSR count). The summed E-state index contributed by atoms with van der Waals surface area (Å²) in [6.07, 6.45) is 2.69. The Kier molecular flexibility index (Phi) is 4.92. The van der Waals surface area contributed by atoms with Gasteiger partial charge in [-0.05, 0) is 49.4 Å². The maximum absolute atomic E-state index is 13.2. The van der Waals surface area contributed by atoms with E-state index in [1.165, 1.54) is 0 Å². The summed E-state index contributed by atoms with van der Waals surface area (Å²) in [5.74, 6) is 1.04. The molecule has 1 aromatic carbocycles. The number of sulfonamides is 1. The molecule has 0 radical (unpaired) electrons. The van der Waals surface area contributed by atoms with Crippen LogP contribution in [0.4, 0.5) is 0 Å². The zero-order valence-corrected chi connectivity index (χ0v) is 15.7. The average molecular weight is 337 g/mol. The van der Waals surface area contributed by atoms with E-state index < -0.39 is 10.0 Å². The molecule has 1 fully saturated rings. The highest BCUT2D eigenvalue weighted by atomic mass is 32.2. The third-order valence-corrected chi connectivity index (χ3v) is 7.24. The van der Waals surface area contributed by atoms with Crippen LogP contribution in [0.3, 0.4) is 0 Å². The van der Waals surface area contributed by atoms with E-state index in [1.807, 2.05) is 20.8 Å². The fourth-order valence-electron chi connectivity index (χ4n) is 3.37. The second-order valence-corrected chi connectivity index (χ2v) is 8.19. The van der Waals surface area contributed by atoms with Crippen molar-refractivity contribution < 1.29 is 13.2 Å². The fraction of sp³-hybridized carbons (Fsp3) is 0.556. The lowest BCUT2D eigenvalue weighted by Crippen LogP contribution is -2.20. The Balaban J connectivity index is 2.54. The predicted molar refractivity (Wildman–Crippen MR) is 93.5 cm³/mol. The van der Waals surface area contributed by atoms with Crippen molar-refractivity contribution in [3.63, 3.8) is 0 Å². The van der Waals surface area contributed by atoms with Gasteiger partial charge in [-0.15, -0.1) is 6.58 Å². The number of aryl methyl sites for hydroxylation is 1. The van der Waals surface area contributed by atoms with Crippen LogP contribution in [0.15, 0.2) is 23.6 Å². The third-order valence-electron chi connectivity index (χ3n) is 5.05. The molecule has 0 spiro atoms. The van der Waals surface area contributed by atoms with Gasteiger partial charge in [0.15, 0.2) is 0 Å². The Labute approximate surface area is 140 Å². The number of rotatable bonds is 6. The van der Waals surface area contributed by atoms with E-state index in [0.717, 1.165) is 28.9 Å². The molecule has 23 heavy (non-hydrogen) atoms. The first kappa shape index (κ1) is 18.0. The molecule has 5 heteroatoms. The Morgan fingerprint density at radius 1 is 1.35 bits per heavy atom. The van der Waals surface area contributed by atoms with Crippen molar-refractivity contribution in [3.8, 4) is 5.75 Å². The van der Waals surface area contributed by atoms with Crippen molar-refractivity contribution in [2.45, 2.75) is 58.0 Å². The molecule has 0 amide bonds. The number of methoxy groups -OCH3 is 1. The molecule has 0 N–H and O–H groups in total. The summed E-state index contributed by atoms with van der Waals surface area (Å²) < 4.78 is 33.4. The third kappa shape index (κ3) is 2.81. The van der Waals surface area contributed by atoms with Crippen LogP contribution in [0.25, 0.3) is 0 Å². The van der Waals surface area contributed by atoms with Gasteiger partial charge in [-0.3, -0.25) is 0 Å². The summed E-state index contributed by atoms with van der Waals surface area (Å²) in [7, 11) is -1.93. The molecule has 0 aliphatic carbocycles.